The van der Waals surface area contributed by atoms with E-state index in [-0.39, 0.29) is 0 Å². The van der Waals surface area contributed by atoms with Crippen LogP contribution in [0.25, 0.3) is 0 Å². The fourth-order valence-electron chi connectivity index (χ4n) is 1.76. The molecule has 0 unspecified atom stereocenters. The predicted octanol–water partition coefficient (Wildman–Crippen LogP) is 4.04. The Morgan fingerprint density at radius 2 is 2.05 bits per heavy atom. The molecule has 0 aliphatic heterocycles. The number of benzene rings is 1. The second-order valence-corrected chi connectivity index (χ2v) is 5.58. The molecule has 0 aliphatic rings. The first kappa shape index (κ1) is 15.3. The molecule has 0 radical (unpaired) electrons. The second-order valence-electron chi connectivity index (χ2n) is 4.37. The van der Waals surface area contributed by atoms with Gasteiger partial charge in [-0.2, -0.15) is 0 Å². The smallest absolute Gasteiger partial charge is 0.118 e. The molecule has 0 spiro atoms. The van der Waals surface area contributed by atoms with E-state index in [2.05, 4.69) is 4.98 Å². The van der Waals surface area contributed by atoms with Gasteiger partial charge in [-0.15, -0.1) is 22.9 Å². The van der Waals surface area contributed by atoms with Gasteiger partial charge < -0.3 is 9.47 Å². The van der Waals surface area contributed by atoms with Crippen LogP contribution in [0.4, 0.5) is 0 Å². The van der Waals surface area contributed by atoms with Gasteiger partial charge in [0.2, 0.25) is 0 Å². The number of hydrogen-bond acceptors (Lipinski definition) is 4. The maximum atomic E-state index is 5.72. The summed E-state index contributed by atoms with van der Waals surface area (Å²) in [6, 6.07) is 7.93. The van der Waals surface area contributed by atoms with Crippen molar-refractivity contribution in [3.63, 3.8) is 0 Å². The highest BCUT2D eigenvalue weighted by Gasteiger charge is 2.01. The lowest BCUT2D eigenvalue weighted by Gasteiger charge is -2.05. The Balaban J connectivity index is 1.63. The SMILES string of the molecule is COc1ccc(COCCCc2nc(CCl)cs2)cc1. The monoisotopic (exact) mass is 311 g/mol. The van der Waals surface area contributed by atoms with Gasteiger partial charge in [0.05, 0.1) is 30.3 Å². The molecule has 1 heterocycles. The maximum absolute atomic E-state index is 5.72. The van der Waals surface area contributed by atoms with Gasteiger partial charge in [0, 0.05) is 18.4 Å². The molecular weight excluding hydrogens is 294 g/mol. The Bertz CT molecular complexity index is 513. The molecule has 0 saturated heterocycles. The maximum Gasteiger partial charge on any atom is 0.118 e. The van der Waals surface area contributed by atoms with E-state index < -0.39 is 0 Å². The van der Waals surface area contributed by atoms with Gasteiger partial charge >= 0.3 is 0 Å². The van der Waals surface area contributed by atoms with E-state index in [9.17, 15) is 0 Å². The highest BCUT2D eigenvalue weighted by atomic mass is 35.5. The number of methoxy groups -OCH3 is 1. The van der Waals surface area contributed by atoms with Crippen LogP contribution < -0.4 is 4.74 Å². The third-order valence-electron chi connectivity index (χ3n) is 2.84. The van der Waals surface area contributed by atoms with Gasteiger partial charge in [0.25, 0.3) is 0 Å². The number of nitrogens with zero attached hydrogens (tertiary/aromatic N) is 1. The molecule has 1 aromatic heterocycles. The summed E-state index contributed by atoms with van der Waals surface area (Å²) >= 11 is 7.39. The molecule has 0 bridgehead atoms. The van der Waals surface area contributed by atoms with Crippen molar-refractivity contribution in [2.24, 2.45) is 0 Å². The first-order chi connectivity index (χ1) is 9.81. The molecule has 20 heavy (non-hydrogen) atoms. The Hall–Kier alpha value is -1.10. The topological polar surface area (TPSA) is 31.4 Å². The fourth-order valence-corrected chi connectivity index (χ4v) is 2.83. The van der Waals surface area contributed by atoms with Gasteiger partial charge in [-0.1, -0.05) is 12.1 Å². The molecule has 1 aromatic carbocycles. The van der Waals surface area contributed by atoms with Crippen molar-refractivity contribution >= 4 is 22.9 Å². The van der Waals surface area contributed by atoms with Gasteiger partial charge in [0.15, 0.2) is 0 Å². The number of rotatable bonds is 8. The Labute approximate surface area is 128 Å². The summed E-state index contributed by atoms with van der Waals surface area (Å²) in [5.74, 6) is 1.36. The van der Waals surface area contributed by atoms with Crippen molar-refractivity contribution in [3.05, 3.63) is 45.9 Å². The zero-order chi connectivity index (χ0) is 14.2. The zero-order valence-corrected chi connectivity index (χ0v) is 13.0. The molecule has 3 nitrogen and oxygen atoms in total. The Kier molecular flexibility index (Phi) is 6.30. The molecule has 2 rings (SSSR count). The van der Waals surface area contributed by atoms with Crippen LogP contribution >= 0.6 is 22.9 Å². The first-order valence-electron chi connectivity index (χ1n) is 6.51. The summed E-state index contributed by atoms with van der Waals surface area (Å²) in [7, 11) is 1.67. The van der Waals surface area contributed by atoms with Crippen molar-refractivity contribution in [1.29, 1.82) is 0 Å². The average molecular weight is 312 g/mol. The molecule has 2 aromatic rings. The van der Waals surface area contributed by atoms with Gasteiger partial charge in [-0.05, 0) is 24.1 Å². The molecule has 0 saturated carbocycles. The summed E-state index contributed by atoms with van der Waals surface area (Å²) in [6.45, 7) is 1.37. The number of halogens is 1. The highest BCUT2D eigenvalue weighted by Crippen LogP contribution is 2.14. The lowest BCUT2D eigenvalue weighted by Crippen LogP contribution is -1.97. The zero-order valence-electron chi connectivity index (χ0n) is 11.5. The van der Waals surface area contributed by atoms with E-state index in [1.807, 2.05) is 29.6 Å². The van der Waals surface area contributed by atoms with Crippen LogP contribution in [0.15, 0.2) is 29.6 Å². The van der Waals surface area contributed by atoms with Crippen LogP contribution in [0, 0.1) is 0 Å². The fraction of sp³-hybridized carbons (Fsp3) is 0.400. The normalized spacial score (nSPS) is 10.7. The van der Waals surface area contributed by atoms with E-state index in [1.165, 1.54) is 0 Å². The Morgan fingerprint density at radius 3 is 2.70 bits per heavy atom. The standard InChI is InChI=1S/C15H18ClNO2S/c1-18-14-6-4-12(5-7-14)10-19-8-2-3-15-17-13(9-16)11-20-15/h4-7,11H,2-3,8-10H2,1H3. The van der Waals surface area contributed by atoms with Gasteiger partial charge in [0.1, 0.15) is 5.75 Å². The number of aromatic nitrogens is 1. The molecule has 5 heteroatoms. The molecule has 0 atom stereocenters. The third-order valence-corrected chi connectivity index (χ3v) is 4.07. The van der Waals surface area contributed by atoms with Crippen molar-refractivity contribution < 1.29 is 9.47 Å². The molecule has 0 fully saturated rings. The lowest BCUT2D eigenvalue weighted by atomic mass is 10.2. The van der Waals surface area contributed by atoms with Gasteiger partial charge in [-0.25, -0.2) is 4.98 Å². The molecule has 0 N–H and O–H groups in total. The predicted molar refractivity (Wildman–Crippen MR) is 82.6 cm³/mol. The number of thiazole rings is 1. The van der Waals surface area contributed by atoms with Crippen LogP contribution in [0.3, 0.4) is 0 Å². The van der Waals surface area contributed by atoms with Crippen molar-refractivity contribution in [2.45, 2.75) is 25.3 Å². The Morgan fingerprint density at radius 1 is 1.25 bits per heavy atom. The largest absolute Gasteiger partial charge is 0.497 e. The third kappa shape index (κ3) is 4.78. The minimum atomic E-state index is 0.491. The van der Waals surface area contributed by atoms with Gasteiger partial charge in [-0.3, -0.25) is 0 Å². The first-order valence-corrected chi connectivity index (χ1v) is 7.93. The van der Waals surface area contributed by atoms with Crippen LogP contribution in [0.1, 0.15) is 22.7 Å². The van der Waals surface area contributed by atoms with E-state index in [0.29, 0.717) is 12.5 Å². The summed E-state index contributed by atoms with van der Waals surface area (Å²) in [4.78, 5) is 4.42. The van der Waals surface area contributed by atoms with Crippen molar-refractivity contribution in [3.8, 4) is 5.75 Å². The second kappa shape index (κ2) is 8.25. The number of hydrogen-bond donors (Lipinski definition) is 0. The van der Waals surface area contributed by atoms with Crippen LogP contribution in [-0.2, 0) is 23.6 Å². The molecular formula is C15H18ClNO2S. The van der Waals surface area contributed by atoms with Crippen molar-refractivity contribution in [1.82, 2.24) is 4.98 Å². The number of alkyl halides is 1. The van der Waals surface area contributed by atoms with Crippen LogP contribution in [-0.4, -0.2) is 18.7 Å². The van der Waals surface area contributed by atoms with Crippen molar-refractivity contribution in [2.75, 3.05) is 13.7 Å². The van der Waals surface area contributed by atoms with Crippen LogP contribution in [0.5, 0.6) is 5.75 Å². The van der Waals surface area contributed by atoms with E-state index >= 15 is 0 Å². The quantitative estimate of drug-likeness (QED) is 0.544. The summed E-state index contributed by atoms with van der Waals surface area (Å²) < 4.78 is 10.8. The van der Waals surface area contributed by atoms with Crippen LogP contribution in [0.2, 0.25) is 0 Å². The minimum Gasteiger partial charge on any atom is -0.497 e. The van der Waals surface area contributed by atoms with E-state index in [1.54, 1.807) is 18.4 Å². The van der Waals surface area contributed by atoms with E-state index in [4.69, 9.17) is 21.1 Å². The number of aryl methyl sites for hydroxylation is 1. The lowest BCUT2D eigenvalue weighted by molar-refractivity contribution is 0.118. The summed E-state index contributed by atoms with van der Waals surface area (Å²) in [5.41, 5.74) is 2.12. The summed E-state index contributed by atoms with van der Waals surface area (Å²) in [5, 5.41) is 3.15. The summed E-state index contributed by atoms with van der Waals surface area (Å²) in [6.07, 6.45) is 1.93. The van der Waals surface area contributed by atoms with E-state index in [0.717, 1.165) is 41.5 Å². The minimum absolute atomic E-state index is 0.491. The molecule has 108 valence electrons. The molecule has 0 aliphatic carbocycles. The molecule has 0 amide bonds. The highest BCUT2D eigenvalue weighted by molar-refractivity contribution is 7.09. The number of ether oxygens (including phenoxy) is 2. The average Bonchev–Trinajstić information content (AvgIpc) is 2.95.